The first-order valence-electron chi connectivity index (χ1n) is 9.87. The quantitative estimate of drug-likeness (QED) is 0.675. The molecule has 5 nitrogen and oxygen atoms in total. The maximum absolute atomic E-state index is 13.2. The third kappa shape index (κ3) is 3.96. The molecular formula is C22H24FN3O2S. The number of benzene rings is 2. The maximum atomic E-state index is 13.2. The van der Waals surface area contributed by atoms with Crippen molar-refractivity contribution in [2.24, 2.45) is 14.1 Å². The summed E-state index contributed by atoms with van der Waals surface area (Å²) >= 11 is 1.77. The molecule has 0 saturated heterocycles. The molecule has 152 valence electrons. The highest BCUT2D eigenvalue weighted by Crippen LogP contribution is 2.39. The summed E-state index contributed by atoms with van der Waals surface area (Å²) in [7, 11) is 3.49. The Labute approximate surface area is 172 Å². The van der Waals surface area contributed by atoms with Crippen LogP contribution in [0.5, 0.6) is 0 Å². The van der Waals surface area contributed by atoms with E-state index in [2.05, 4.69) is 5.32 Å². The highest BCUT2D eigenvalue weighted by Gasteiger charge is 2.20. The average molecular weight is 414 g/mol. The summed E-state index contributed by atoms with van der Waals surface area (Å²) in [4.78, 5) is 26.1. The minimum atomic E-state index is -0.379. The van der Waals surface area contributed by atoms with Crippen LogP contribution in [-0.4, -0.2) is 20.3 Å². The second kappa shape index (κ2) is 8.06. The normalized spacial score (nSPS) is 15.0. The van der Waals surface area contributed by atoms with Gasteiger partial charge in [-0.15, -0.1) is 11.8 Å². The first kappa shape index (κ1) is 19.8. The number of hydrogen-bond donors (Lipinski definition) is 1. The zero-order chi connectivity index (χ0) is 20.5. The minimum Gasteiger partial charge on any atom is -0.321 e. The largest absolute Gasteiger partial charge is 0.328 e. The molecule has 1 aliphatic rings. The van der Waals surface area contributed by atoms with Crippen molar-refractivity contribution in [3.63, 3.8) is 0 Å². The number of nitrogens with zero attached hydrogens (tertiary/aromatic N) is 2. The fourth-order valence-electron chi connectivity index (χ4n) is 3.88. The molecule has 3 aromatic rings. The number of aryl methyl sites for hydroxylation is 2. The first-order chi connectivity index (χ1) is 13.9. The van der Waals surface area contributed by atoms with Crippen LogP contribution in [0.1, 0.15) is 42.5 Å². The third-order valence-corrected chi connectivity index (χ3v) is 6.97. The van der Waals surface area contributed by atoms with Crippen LogP contribution in [0, 0.1) is 5.82 Å². The van der Waals surface area contributed by atoms with E-state index in [1.54, 1.807) is 35.0 Å². The fourth-order valence-corrected chi connectivity index (χ4v) is 5.22. The van der Waals surface area contributed by atoms with Crippen LogP contribution in [-0.2, 0) is 14.1 Å². The van der Waals surface area contributed by atoms with Gasteiger partial charge in [-0.2, -0.15) is 0 Å². The molecule has 0 atom stereocenters. The van der Waals surface area contributed by atoms with Crippen molar-refractivity contribution in [2.45, 2.75) is 42.2 Å². The van der Waals surface area contributed by atoms with Crippen molar-refractivity contribution in [1.29, 1.82) is 0 Å². The van der Waals surface area contributed by atoms with E-state index in [-0.39, 0.29) is 17.4 Å². The molecule has 0 aliphatic heterocycles. The maximum Gasteiger partial charge on any atom is 0.328 e. The van der Waals surface area contributed by atoms with Crippen molar-refractivity contribution in [1.82, 2.24) is 9.13 Å². The summed E-state index contributed by atoms with van der Waals surface area (Å²) in [5.74, 6) is -0.674. The summed E-state index contributed by atoms with van der Waals surface area (Å²) in [6, 6.07) is 9.35. The van der Waals surface area contributed by atoms with Gasteiger partial charge >= 0.3 is 5.69 Å². The summed E-state index contributed by atoms with van der Waals surface area (Å²) in [6.07, 6.45) is 6.03. The molecule has 1 N–H and O–H groups in total. The van der Waals surface area contributed by atoms with E-state index in [1.165, 1.54) is 43.5 Å². The molecule has 0 bridgehead atoms. The number of fused-ring (bicyclic) bond motifs is 1. The lowest BCUT2D eigenvalue weighted by atomic mass is 10.0. The summed E-state index contributed by atoms with van der Waals surface area (Å²) in [6.45, 7) is 0. The Morgan fingerprint density at radius 2 is 1.66 bits per heavy atom. The van der Waals surface area contributed by atoms with E-state index in [0.717, 1.165) is 28.8 Å². The molecule has 2 aromatic carbocycles. The molecule has 1 heterocycles. The lowest BCUT2D eigenvalue weighted by Crippen LogP contribution is -2.19. The van der Waals surface area contributed by atoms with Crippen LogP contribution >= 0.6 is 11.8 Å². The highest BCUT2D eigenvalue weighted by atomic mass is 32.2. The van der Waals surface area contributed by atoms with Crippen molar-refractivity contribution >= 4 is 34.4 Å². The van der Waals surface area contributed by atoms with Gasteiger partial charge < -0.3 is 5.32 Å². The molecule has 29 heavy (non-hydrogen) atoms. The number of carbonyl (C=O) groups is 1. The van der Waals surface area contributed by atoms with Crippen LogP contribution < -0.4 is 11.0 Å². The van der Waals surface area contributed by atoms with E-state index < -0.39 is 0 Å². The molecule has 0 unspecified atom stereocenters. The Morgan fingerprint density at radius 1 is 1.03 bits per heavy atom. The monoisotopic (exact) mass is 413 g/mol. The average Bonchev–Trinajstić information content (AvgIpc) is 2.93. The molecule has 1 saturated carbocycles. The SMILES string of the molecule is Cn1c(=O)n(C)c2cc(SC3CCCCC3)c(NC(=O)c3ccc(F)cc3)cc21. The second-order valence-electron chi connectivity index (χ2n) is 7.58. The second-order valence-corrected chi connectivity index (χ2v) is 8.92. The molecule has 7 heteroatoms. The number of amides is 1. The van der Waals surface area contributed by atoms with Gasteiger partial charge in [-0.25, -0.2) is 9.18 Å². The Hall–Kier alpha value is -2.54. The number of thioether (sulfide) groups is 1. The van der Waals surface area contributed by atoms with Crippen LogP contribution in [0.2, 0.25) is 0 Å². The molecule has 4 rings (SSSR count). The fraction of sp³-hybridized carbons (Fsp3) is 0.364. The Morgan fingerprint density at radius 3 is 2.31 bits per heavy atom. The zero-order valence-electron chi connectivity index (χ0n) is 16.6. The van der Waals surface area contributed by atoms with Gasteiger partial charge in [0.05, 0.1) is 16.7 Å². The first-order valence-corrected chi connectivity index (χ1v) is 10.7. The molecule has 0 spiro atoms. The molecule has 1 aromatic heterocycles. The number of hydrogen-bond acceptors (Lipinski definition) is 3. The van der Waals surface area contributed by atoms with Gasteiger partial charge in [-0.3, -0.25) is 13.9 Å². The van der Waals surface area contributed by atoms with Crippen LogP contribution in [0.4, 0.5) is 10.1 Å². The predicted molar refractivity (Wildman–Crippen MR) is 115 cm³/mol. The highest BCUT2D eigenvalue weighted by molar-refractivity contribution is 8.00. The Balaban J connectivity index is 1.73. The molecule has 1 fully saturated rings. The van der Waals surface area contributed by atoms with Gasteiger partial charge in [0.15, 0.2) is 0 Å². The van der Waals surface area contributed by atoms with E-state index in [9.17, 15) is 14.0 Å². The van der Waals surface area contributed by atoms with Gasteiger partial charge in [0.1, 0.15) is 5.82 Å². The van der Waals surface area contributed by atoms with Crippen LogP contribution in [0.3, 0.4) is 0 Å². The van der Waals surface area contributed by atoms with Crippen molar-refractivity contribution in [3.05, 3.63) is 58.3 Å². The molecular weight excluding hydrogens is 389 g/mol. The van der Waals surface area contributed by atoms with Gasteiger partial charge in [0.2, 0.25) is 0 Å². The van der Waals surface area contributed by atoms with Crippen molar-refractivity contribution in [3.8, 4) is 0 Å². The van der Waals surface area contributed by atoms with Gasteiger partial charge in [0, 0.05) is 29.8 Å². The molecule has 1 amide bonds. The van der Waals surface area contributed by atoms with Crippen LogP contribution in [0.25, 0.3) is 11.0 Å². The number of carbonyl (C=O) groups excluding carboxylic acids is 1. The van der Waals surface area contributed by atoms with Crippen LogP contribution in [0.15, 0.2) is 46.1 Å². The Bertz CT molecular complexity index is 1110. The van der Waals surface area contributed by atoms with E-state index >= 15 is 0 Å². The lowest BCUT2D eigenvalue weighted by molar-refractivity contribution is 0.102. The lowest BCUT2D eigenvalue weighted by Gasteiger charge is -2.22. The van der Waals surface area contributed by atoms with E-state index in [0.29, 0.717) is 16.5 Å². The number of halogens is 1. The number of imidazole rings is 1. The van der Waals surface area contributed by atoms with Crippen molar-refractivity contribution < 1.29 is 9.18 Å². The van der Waals surface area contributed by atoms with Crippen molar-refractivity contribution in [2.75, 3.05) is 5.32 Å². The topological polar surface area (TPSA) is 56.0 Å². The van der Waals surface area contributed by atoms with Gasteiger partial charge in [-0.1, -0.05) is 19.3 Å². The van der Waals surface area contributed by atoms with Gasteiger partial charge in [0.25, 0.3) is 5.91 Å². The smallest absolute Gasteiger partial charge is 0.321 e. The molecule has 0 radical (unpaired) electrons. The Kier molecular flexibility index (Phi) is 5.50. The number of anilines is 1. The van der Waals surface area contributed by atoms with E-state index in [4.69, 9.17) is 0 Å². The third-order valence-electron chi connectivity index (χ3n) is 5.57. The van der Waals surface area contributed by atoms with Gasteiger partial charge in [-0.05, 0) is 49.2 Å². The summed E-state index contributed by atoms with van der Waals surface area (Å²) in [5, 5.41) is 3.48. The predicted octanol–water partition coefficient (Wildman–Crippen LogP) is 4.69. The number of nitrogens with one attached hydrogen (secondary N) is 1. The minimum absolute atomic E-state index is 0.101. The number of rotatable bonds is 4. The number of aromatic nitrogens is 2. The molecule has 1 aliphatic carbocycles. The van der Waals surface area contributed by atoms with E-state index in [1.807, 2.05) is 12.1 Å². The standard InChI is InChI=1S/C22H24FN3O2S/c1-25-18-12-17(24-21(27)14-8-10-15(23)11-9-14)20(13-19(18)26(2)22(25)28)29-16-6-4-3-5-7-16/h8-13,16H,3-7H2,1-2H3,(H,24,27). The zero-order valence-corrected chi connectivity index (χ0v) is 17.4. The summed E-state index contributed by atoms with van der Waals surface area (Å²) in [5.41, 5.74) is 2.58. The summed E-state index contributed by atoms with van der Waals surface area (Å²) < 4.78 is 16.4.